The zero-order chi connectivity index (χ0) is 17.5. The molecule has 0 spiro atoms. The molecule has 0 aliphatic heterocycles. The number of carbonyl (C=O) groups is 1. The van der Waals surface area contributed by atoms with Crippen molar-refractivity contribution in [2.45, 2.75) is 13.3 Å². The van der Waals surface area contributed by atoms with E-state index >= 15 is 0 Å². The first-order chi connectivity index (χ1) is 12.3. The molecular formula is C18H20N4O3. The summed E-state index contributed by atoms with van der Waals surface area (Å²) < 4.78 is 12.7. The standard InChI is InChI=1S/C18H20N4O3/c1-2-24-14-6-8-15(9-7-14)25-13-18(23)19-11-10-17-21-20-16-5-3-4-12-22(16)17/h3-9,12H,2,10-11,13H2,1H3,(H,19,23). The second kappa shape index (κ2) is 8.14. The van der Waals surface area contributed by atoms with Crippen LogP contribution in [0.1, 0.15) is 12.7 Å². The fourth-order valence-corrected chi connectivity index (χ4v) is 2.37. The molecule has 0 atom stereocenters. The number of hydrogen-bond acceptors (Lipinski definition) is 5. The first kappa shape index (κ1) is 16.8. The van der Waals surface area contributed by atoms with Crippen molar-refractivity contribution in [3.05, 3.63) is 54.5 Å². The number of aromatic nitrogens is 3. The molecule has 130 valence electrons. The highest BCUT2D eigenvalue weighted by molar-refractivity contribution is 5.77. The molecule has 0 aliphatic rings. The van der Waals surface area contributed by atoms with E-state index in [0.717, 1.165) is 17.2 Å². The zero-order valence-electron chi connectivity index (χ0n) is 14.0. The van der Waals surface area contributed by atoms with Gasteiger partial charge in [0, 0.05) is 19.2 Å². The second-order valence-corrected chi connectivity index (χ2v) is 5.34. The number of nitrogens with one attached hydrogen (secondary N) is 1. The fraction of sp³-hybridized carbons (Fsp3) is 0.278. The van der Waals surface area contributed by atoms with Crippen molar-refractivity contribution in [3.63, 3.8) is 0 Å². The molecule has 2 heterocycles. The Kier molecular flexibility index (Phi) is 5.46. The van der Waals surface area contributed by atoms with Gasteiger partial charge in [-0.25, -0.2) is 0 Å². The van der Waals surface area contributed by atoms with Gasteiger partial charge in [0.15, 0.2) is 12.3 Å². The summed E-state index contributed by atoms with van der Waals surface area (Å²) in [7, 11) is 0. The van der Waals surface area contributed by atoms with Crippen LogP contribution in [0.25, 0.3) is 5.65 Å². The van der Waals surface area contributed by atoms with E-state index in [2.05, 4.69) is 15.5 Å². The first-order valence-electron chi connectivity index (χ1n) is 8.17. The Labute approximate surface area is 145 Å². The molecule has 25 heavy (non-hydrogen) atoms. The van der Waals surface area contributed by atoms with Crippen LogP contribution in [0.5, 0.6) is 11.5 Å². The highest BCUT2D eigenvalue weighted by atomic mass is 16.5. The largest absolute Gasteiger partial charge is 0.494 e. The van der Waals surface area contributed by atoms with Gasteiger partial charge < -0.3 is 14.8 Å². The topological polar surface area (TPSA) is 77.8 Å². The molecule has 0 saturated heterocycles. The SMILES string of the molecule is CCOc1ccc(OCC(=O)NCCc2nnc3ccccn23)cc1. The molecule has 0 saturated carbocycles. The van der Waals surface area contributed by atoms with Crippen LogP contribution < -0.4 is 14.8 Å². The van der Waals surface area contributed by atoms with Crippen molar-refractivity contribution in [2.75, 3.05) is 19.8 Å². The summed E-state index contributed by atoms with van der Waals surface area (Å²) in [6.45, 7) is 2.98. The molecule has 0 fully saturated rings. The molecule has 1 N–H and O–H groups in total. The van der Waals surface area contributed by atoms with Gasteiger partial charge in [-0.1, -0.05) is 6.07 Å². The third-order valence-corrected chi connectivity index (χ3v) is 3.56. The molecule has 3 rings (SSSR count). The lowest BCUT2D eigenvalue weighted by Gasteiger charge is -2.08. The number of fused-ring (bicyclic) bond motifs is 1. The Morgan fingerprint density at radius 1 is 1.08 bits per heavy atom. The maximum atomic E-state index is 11.9. The number of nitrogens with zero attached hydrogens (tertiary/aromatic N) is 3. The van der Waals surface area contributed by atoms with Crippen LogP contribution in [-0.2, 0) is 11.2 Å². The lowest BCUT2D eigenvalue weighted by Crippen LogP contribution is -2.30. The van der Waals surface area contributed by atoms with Gasteiger partial charge in [0.25, 0.3) is 5.91 Å². The summed E-state index contributed by atoms with van der Waals surface area (Å²) in [4.78, 5) is 11.9. The van der Waals surface area contributed by atoms with Crippen LogP contribution in [0, 0.1) is 0 Å². The number of rotatable bonds is 8. The molecule has 2 aromatic heterocycles. The molecule has 0 unspecified atom stereocenters. The van der Waals surface area contributed by atoms with Crippen molar-refractivity contribution in [1.82, 2.24) is 19.9 Å². The minimum Gasteiger partial charge on any atom is -0.494 e. The summed E-state index contributed by atoms with van der Waals surface area (Å²) in [6, 6.07) is 12.9. The van der Waals surface area contributed by atoms with Crippen molar-refractivity contribution < 1.29 is 14.3 Å². The van der Waals surface area contributed by atoms with Gasteiger partial charge in [-0.15, -0.1) is 10.2 Å². The molecule has 0 bridgehead atoms. The van der Waals surface area contributed by atoms with Gasteiger partial charge in [-0.05, 0) is 43.3 Å². The Morgan fingerprint density at radius 3 is 2.60 bits per heavy atom. The average Bonchev–Trinajstić information content (AvgIpc) is 3.05. The lowest BCUT2D eigenvalue weighted by atomic mass is 10.3. The smallest absolute Gasteiger partial charge is 0.257 e. The summed E-state index contributed by atoms with van der Waals surface area (Å²) in [6.07, 6.45) is 2.50. The van der Waals surface area contributed by atoms with Gasteiger partial charge in [0.05, 0.1) is 6.61 Å². The second-order valence-electron chi connectivity index (χ2n) is 5.34. The number of ether oxygens (including phenoxy) is 2. The van der Waals surface area contributed by atoms with E-state index in [-0.39, 0.29) is 12.5 Å². The van der Waals surface area contributed by atoms with Crippen LogP contribution in [-0.4, -0.2) is 40.3 Å². The predicted molar refractivity (Wildman–Crippen MR) is 92.8 cm³/mol. The van der Waals surface area contributed by atoms with Gasteiger partial charge in [-0.2, -0.15) is 0 Å². The van der Waals surface area contributed by atoms with Crippen molar-refractivity contribution in [1.29, 1.82) is 0 Å². The molecule has 0 radical (unpaired) electrons. The Hall–Kier alpha value is -3.09. The van der Waals surface area contributed by atoms with Gasteiger partial charge in [-0.3, -0.25) is 9.20 Å². The third kappa shape index (κ3) is 4.47. The Morgan fingerprint density at radius 2 is 1.84 bits per heavy atom. The zero-order valence-corrected chi connectivity index (χ0v) is 14.0. The minimum absolute atomic E-state index is 0.0332. The monoisotopic (exact) mass is 340 g/mol. The van der Waals surface area contributed by atoms with Crippen LogP contribution in [0.4, 0.5) is 0 Å². The lowest BCUT2D eigenvalue weighted by molar-refractivity contribution is -0.123. The molecule has 1 aromatic carbocycles. The van der Waals surface area contributed by atoms with E-state index in [1.807, 2.05) is 47.9 Å². The molecule has 7 nitrogen and oxygen atoms in total. The molecule has 7 heteroatoms. The minimum atomic E-state index is -0.178. The van der Waals surface area contributed by atoms with Gasteiger partial charge >= 0.3 is 0 Å². The maximum Gasteiger partial charge on any atom is 0.257 e. The molecule has 0 aliphatic carbocycles. The number of hydrogen-bond donors (Lipinski definition) is 1. The first-order valence-corrected chi connectivity index (χ1v) is 8.17. The fourth-order valence-electron chi connectivity index (χ4n) is 2.37. The van der Waals surface area contributed by atoms with E-state index in [9.17, 15) is 4.79 Å². The van der Waals surface area contributed by atoms with Crippen LogP contribution >= 0.6 is 0 Å². The molecular weight excluding hydrogens is 320 g/mol. The molecule has 3 aromatic rings. The van der Waals surface area contributed by atoms with Crippen LogP contribution in [0.15, 0.2) is 48.7 Å². The van der Waals surface area contributed by atoms with E-state index in [4.69, 9.17) is 9.47 Å². The van der Waals surface area contributed by atoms with Crippen LogP contribution in [0.3, 0.4) is 0 Å². The number of amides is 1. The number of carbonyl (C=O) groups excluding carboxylic acids is 1. The number of pyridine rings is 1. The van der Waals surface area contributed by atoms with Gasteiger partial charge in [0.2, 0.25) is 0 Å². The normalized spacial score (nSPS) is 10.6. The Bertz CT molecular complexity index is 830. The predicted octanol–water partition coefficient (Wildman–Crippen LogP) is 1.87. The van der Waals surface area contributed by atoms with E-state index < -0.39 is 0 Å². The average molecular weight is 340 g/mol. The highest BCUT2D eigenvalue weighted by Crippen LogP contribution is 2.17. The summed E-state index contributed by atoms with van der Waals surface area (Å²) >= 11 is 0. The van der Waals surface area contributed by atoms with Crippen molar-refractivity contribution >= 4 is 11.6 Å². The van der Waals surface area contributed by atoms with E-state index in [1.165, 1.54) is 0 Å². The van der Waals surface area contributed by atoms with Crippen LogP contribution in [0.2, 0.25) is 0 Å². The van der Waals surface area contributed by atoms with Crippen molar-refractivity contribution in [3.8, 4) is 11.5 Å². The van der Waals surface area contributed by atoms with Crippen molar-refractivity contribution in [2.24, 2.45) is 0 Å². The van der Waals surface area contributed by atoms with E-state index in [0.29, 0.717) is 25.3 Å². The summed E-state index contributed by atoms with van der Waals surface area (Å²) in [5.74, 6) is 2.04. The van der Waals surface area contributed by atoms with Gasteiger partial charge in [0.1, 0.15) is 17.3 Å². The highest BCUT2D eigenvalue weighted by Gasteiger charge is 2.06. The summed E-state index contributed by atoms with van der Waals surface area (Å²) in [5.41, 5.74) is 0.794. The number of benzene rings is 1. The maximum absolute atomic E-state index is 11.9. The summed E-state index contributed by atoms with van der Waals surface area (Å²) in [5, 5.41) is 11.0. The van der Waals surface area contributed by atoms with E-state index in [1.54, 1.807) is 12.1 Å². The third-order valence-electron chi connectivity index (χ3n) is 3.56. The quantitative estimate of drug-likeness (QED) is 0.677. The molecule has 1 amide bonds. The Balaban J connectivity index is 1.42.